The molecule has 0 aliphatic rings. The molecule has 1 heterocycles. The van der Waals surface area contributed by atoms with Crippen molar-refractivity contribution < 1.29 is 19.4 Å². The van der Waals surface area contributed by atoms with Gasteiger partial charge in [0.2, 0.25) is 0 Å². The number of rotatable bonds is 3. The fourth-order valence-corrected chi connectivity index (χ4v) is 1.01. The first kappa shape index (κ1) is 9.73. The van der Waals surface area contributed by atoms with E-state index in [4.69, 9.17) is 10.1 Å². The van der Waals surface area contributed by atoms with Gasteiger partial charge in [0.1, 0.15) is 12.4 Å². The zero-order chi connectivity index (χ0) is 9.84. The van der Waals surface area contributed by atoms with Crippen LogP contribution in [0.3, 0.4) is 0 Å². The Morgan fingerprint density at radius 1 is 1.54 bits per heavy atom. The highest BCUT2D eigenvalue weighted by Gasteiger charge is 2.17. The third-order valence-electron chi connectivity index (χ3n) is 1.71. The summed E-state index contributed by atoms with van der Waals surface area (Å²) in [5.41, 5.74) is 0.726. The van der Waals surface area contributed by atoms with Crippen LogP contribution in [0.4, 0.5) is 0 Å². The summed E-state index contributed by atoms with van der Waals surface area (Å²) in [5.74, 6) is -0.852. The van der Waals surface area contributed by atoms with Gasteiger partial charge in [-0.2, -0.15) is 0 Å². The van der Waals surface area contributed by atoms with Gasteiger partial charge in [-0.1, -0.05) is 0 Å². The van der Waals surface area contributed by atoms with Crippen molar-refractivity contribution in [3.63, 3.8) is 0 Å². The van der Waals surface area contributed by atoms with Crippen LogP contribution in [0.15, 0.2) is 24.5 Å². The molecule has 0 aliphatic carbocycles. The van der Waals surface area contributed by atoms with E-state index in [9.17, 15) is 4.79 Å². The second-order valence-corrected chi connectivity index (χ2v) is 2.86. The van der Waals surface area contributed by atoms with E-state index in [-0.39, 0.29) is 6.42 Å². The Kier molecular flexibility index (Phi) is 3.03. The van der Waals surface area contributed by atoms with Crippen LogP contribution in [-0.4, -0.2) is 23.2 Å². The maximum atomic E-state index is 10.3. The van der Waals surface area contributed by atoms with Gasteiger partial charge in [0.05, 0.1) is 6.42 Å². The number of carboxylic acid groups (broad SMARTS) is 1. The molecule has 0 unspecified atom stereocenters. The molecule has 0 amide bonds. The van der Waals surface area contributed by atoms with E-state index in [1.165, 1.54) is 0 Å². The lowest BCUT2D eigenvalue weighted by molar-refractivity contribution is -0.549. The minimum atomic E-state index is -0.852. The van der Waals surface area contributed by atoms with Crippen molar-refractivity contribution >= 4 is 13.0 Å². The van der Waals surface area contributed by atoms with Crippen LogP contribution in [-0.2, 0) is 11.2 Å². The summed E-state index contributed by atoms with van der Waals surface area (Å²) in [6.45, 7) is 1.64. The second-order valence-electron chi connectivity index (χ2n) is 2.86. The van der Waals surface area contributed by atoms with Crippen LogP contribution >= 0.6 is 0 Å². The maximum absolute atomic E-state index is 10.3. The Hall–Kier alpha value is -1.36. The Bertz CT molecular complexity index is 297. The van der Waals surface area contributed by atoms with Gasteiger partial charge in [-0.3, -0.25) is 9.27 Å². The average Bonchev–Trinajstić information content (AvgIpc) is 2.04. The monoisotopic (exact) mass is 180 g/mol. The molecule has 0 bridgehead atoms. The normalized spacial score (nSPS) is 9.69. The fourth-order valence-electron chi connectivity index (χ4n) is 1.01. The first-order valence-electron chi connectivity index (χ1n) is 3.99. The van der Waals surface area contributed by atoms with E-state index in [0.717, 1.165) is 5.56 Å². The summed E-state index contributed by atoms with van der Waals surface area (Å²) in [6, 6.07) is 3.36. The van der Waals surface area contributed by atoms with Gasteiger partial charge in [0.15, 0.2) is 0 Å². The Morgan fingerprint density at radius 3 is 2.46 bits per heavy atom. The van der Waals surface area contributed by atoms with Crippen molar-refractivity contribution in [1.29, 1.82) is 0 Å². The maximum Gasteiger partial charge on any atom is 0.653 e. The van der Waals surface area contributed by atoms with Crippen LogP contribution in [0, 0.1) is 0 Å². The number of hydrogen-bond donors (Lipinski definition) is 2. The number of pyridine rings is 1. The molecule has 13 heavy (non-hydrogen) atoms. The van der Waals surface area contributed by atoms with Gasteiger partial charge in [0, 0.05) is 19.0 Å². The molecule has 4 nitrogen and oxygen atoms in total. The quantitative estimate of drug-likeness (QED) is 0.619. The molecule has 5 heteroatoms. The van der Waals surface area contributed by atoms with Crippen molar-refractivity contribution in [2.24, 2.45) is 0 Å². The first-order chi connectivity index (χ1) is 6.09. The third kappa shape index (κ3) is 2.87. The Morgan fingerprint density at radius 2 is 2.08 bits per heavy atom. The first-order valence-corrected chi connectivity index (χ1v) is 3.99. The molecule has 0 aromatic carbocycles. The van der Waals surface area contributed by atoms with Crippen LogP contribution in [0.25, 0.3) is 0 Å². The fraction of sp³-hybridized carbons (Fsp3) is 0.250. The number of aromatic nitrogens is 1. The van der Waals surface area contributed by atoms with E-state index in [1.807, 2.05) is 0 Å². The van der Waals surface area contributed by atoms with Crippen molar-refractivity contribution in [2.75, 3.05) is 0 Å². The standard InChI is InChI=1S/C8H10BNO3/c1-9(13)10-4-2-7(3-5-10)6-8(11)12/h2-5,13H,6H2,1H3/p+1. The van der Waals surface area contributed by atoms with Crippen molar-refractivity contribution in [2.45, 2.75) is 13.2 Å². The number of hydrogen-bond acceptors (Lipinski definition) is 2. The van der Waals surface area contributed by atoms with E-state index in [1.54, 1.807) is 35.8 Å². The molecule has 0 fully saturated rings. The predicted molar refractivity (Wildman–Crippen MR) is 47.2 cm³/mol. The molecule has 1 aromatic heterocycles. The highest BCUT2D eigenvalue weighted by Crippen LogP contribution is 1.96. The molecule has 68 valence electrons. The molecule has 2 N–H and O–H groups in total. The van der Waals surface area contributed by atoms with Gasteiger partial charge in [-0.25, -0.2) is 0 Å². The number of carbonyl (C=O) groups is 1. The summed E-state index contributed by atoms with van der Waals surface area (Å²) >= 11 is 0. The van der Waals surface area contributed by atoms with Crippen LogP contribution < -0.4 is 4.48 Å². The minimum Gasteiger partial charge on any atom is -0.481 e. The van der Waals surface area contributed by atoms with Crippen LogP contribution in [0.1, 0.15) is 5.56 Å². The summed E-state index contributed by atoms with van der Waals surface area (Å²) in [7, 11) is -0.584. The van der Waals surface area contributed by atoms with E-state index in [0.29, 0.717) is 0 Å². The zero-order valence-electron chi connectivity index (χ0n) is 7.34. The van der Waals surface area contributed by atoms with Gasteiger partial charge < -0.3 is 10.1 Å². The Labute approximate surface area is 76.6 Å². The van der Waals surface area contributed by atoms with Gasteiger partial charge in [-0.15, -0.1) is 0 Å². The smallest absolute Gasteiger partial charge is 0.481 e. The molecule has 0 saturated heterocycles. The van der Waals surface area contributed by atoms with E-state index < -0.39 is 13.0 Å². The van der Waals surface area contributed by atoms with Crippen molar-refractivity contribution in [1.82, 2.24) is 0 Å². The SMILES string of the molecule is CB(O)[n+]1ccc(CC(=O)O)cc1. The largest absolute Gasteiger partial charge is 0.653 e. The van der Waals surface area contributed by atoms with Crippen molar-refractivity contribution in [3.05, 3.63) is 30.1 Å². The molecule has 0 aliphatic heterocycles. The van der Waals surface area contributed by atoms with Crippen LogP contribution in [0.5, 0.6) is 0 Å². The van der Waals surface area contributed by atoms with Gasteiger partial charge in [-0.05, 0) is 5.56 Å². The number of aliphatic carboxylic acids is 1. The summed E-state index contributed by atoms with van der Waals surface area (Å²) in [6.07, 6.45) is 3.33. The molecule has 1 aromatic rings. The molecule has 0 atom stereocenters. The number of nitrogens with zero attached hydrogens (tertiary/aromatic N) is 1. The highest BCUT2D eigenvalue weighted by atomic mass is 16.4. The lowest BCUT2D eigenvalue weighted by Gasteiger charge is -1.97. The topological polar surface area (TPSA) is 61.4 Å². The third-order valence-corrected chi connectivity index (χ3v) is 1.71. The second kappa shape index (κ2) is 4.05. The molecular formula is C8H11BNO3+. The number of carboxylic acids is 1. The molecule has 0 spiro atoms. The molecular weight excluding hydrogens is 169 g/mol. The minimum absolute atomic E-state index is 0.0145. The lowest BCUT2D eigenvalue weighted by Crippen LogP contribution is -2.48. The van der Waals surface area contributed by atoms with Crippen LogP contribution in [0.2, 0.25) is 6.82 Å². The summed E-state index contributed by atoms with van der Waals surface area (Å²) in [4.78, 5) is 10.3. The average molecular weight is 180 g/mol. The molecule has 1 rings (SSSR count). The summed E-state index contributed by atoms with van der Waals surface area (Å²) < 4.78 is 1.59. The van der Waals surface area contributed by atoms with Crippen molar-refractivity contribution in [3.8, 4) is 0 Å². The Balaban J connectivity index is 2.75. The highest BCUT2D eigenvalue weighted by molar-refractivity contribution is 6.38. The lowest BCUT2D eigenvalue weighted by atomic mass is 9.88. The van der Waals surface area contributed by atoms with E-state index in [2.05, 4.69) is 0 Å². The van der Waals surface area contributed by atoms with E-state index >= 15 is 0 Å². The van der Waals surface area contributed by atoms with Gasteiger partial charge in [0.25, 0.3) is 0 Å². The molecule has 0 radical (unpaired) electrons. The zero-order valence-corrected chi connectivity index (χ0v) is 7.34. The summed E-state index contributed by atoms with van der Waals surface area (Å²) in [5, 5.41) is 17.6. The van der Waals surface area contributed by atoms with Gasteiger partial charge >= 0.3 is 13.0 Å². The molecule has 0 saturated carbocycles. The predicted octanol–water partition coefficient (Wildman–Crippen LogP) is -0.440.